The van der Waals surface area contributed by atoms with E-state index in [-0.39, 0.29) is 23.7 Å². The average Bonchev–Trinajstić information content (AvgIpc) is 2.88. The van der Waals surface area contributed by atoms with Gasteiger partial charge in [-0.25, -0.2) is 4.90 Å². The fourth-order valence-electron chi connectivity index (χ4n) is 3.06. The molecule has 0 aromatic heterocycles. The van der Waals surface area contributed by atoms with Gasteiger partial charge in [0.15, 0.2) is 0 Å². The van der Waals surface area contributed by atoms with Gasteiger partial charge in [-0.05, 0) is 43.2 Å². The molecule has 0 saturated heterocycles. The first-order chi connectivity index (χ1) is 12.1. The lowest BCUT2D eigenvalue weighted by molar-refractivity contribution is -0.145. The van der Waals surface area contributed by atoms with Crippen LogP contribution >= 0.6 is 0 Å². The topological polar surface area (TPSA) is 63.7 Å². The highest BCUT2D eigenvalue weighted by Gasteiger charge is 2.36. The second-order valence-corrected chi connectivity index (χ2v) is 5.80. The van der Waals surface area contributed by atoms with Crippen LogP contribution in [0.1, 0.15) is 52.5 Å². The van der Waals surface area contributed by atoms with Crippen LogP contribution in [0.3, 0.4) is 0 Å². The normalized spacial score (nSPS) is 14.4. The minimum absolute atomic E-state index is 0.265. The van der Waals surface area contributed by atoms with E-state index >= 15 is 0 Å². The van der Waals surface area contributed by atoms with Crippen molar-refractivity contribution in [2.45, 2.75) is 26.2 Å². The molecule has 128 valence electrons. The van der Waals surface area contributed by atoms with Crippen molar-refractivity contribution < 1.29 is 19.1 Å². The van der Waals surface area contributed by atoms with E-state index in [1.54, 1.807) is 55.5 Å². The van der Waals surface area contributed by atoms with Crippen LogP contribution in [0.2, 0.25) is 0 Å². The predicted molar refractivity (Wildman–Crippen MR) is 93.7 cm³/mol. The number of imide groups is 1. The molecule has 0 saturated carbocycles. The third kappa shape index (κ3) is 2.93. The van der Waals surface area contributed by atoms with Gasteiger partial charge < -0.3 is 4.74 Å². The largest absolute Gasteiger partial charge is 0.466 e. The molecule has 1 aliphatic rings. The smallest absolute Gasteiger partial charge is 0.313 e. The van der Waals surface area contributed by atoms with Gasteiger partial charge in [-0.1, -0.05) is 31.2 Å². The van der Waals surface area contributed by atoms with Crippen LogP contribution in [-0.2, 0) is 9.53 Å². The van der Waals surface area contributed by atoms with Crippen LogP contribution < -0.4 is 4.90 Å². The molecule has 1 unspecified atom stereocenters. The number of hydrogen-bond acceptors (Lipinski definition) is 4. The lowest BCUT2D eigenvalue weighted by Gasteiger charge is -2.17. The summed E-state index contributed by atoms with van der Waals surface area (Å²) in [5.41, 5.74) is 2.12. The Kier molecular flexibility index (Phi) is 4.65. The molecule has 0 fully saturated rings. The standard InChI is InChI=1S/C20H19NO4/c1-3-15(20(24)25-4-2)13-9-11-14(12-10-13)21-18(22)16-7-5-6-8-17(16)19(21)23/h5-12,15H,3-4H2,1-2H3. The Morgan fingerprint density at radius 2 is 1.52 bits per heavy atom. The van der Waals surface area contributed by atoms with Crippen molar-refractivity contribution >= 4 is 23.5 Å². The highest BCUT2D eigenvalue weighted by molar-refractivity contribution is 6.34. The van der Waals surface area contributed by atoms with Gasteiger partial charge in [-0.3, -0.25) is 14.4 Å². The summed E-state index contributed by atoms with van der Waals surface area (Å²) in [7, 11) is 0. The van der Waals surface area contributed by atoms with Crippen molar-refractivity contribution in [3.63, 3.8) is 0 Å². The van der Waals surface area contributed by atoms with Crippen molar-refractivity contribution in [3.8, 4) is 0 Å². The van der Waals surface area contributed by atoms with Crippen molar-refractivity contribution in [3.05, 3.63) is 65.2 Å². The van der Waals surface area contributed by atoms with Gasteiger partial charge in [0.05, 0.1) is 29.3 Å². The number of rotatable bonds is 5. The van der Waals surface area contributed by atoms with Crippen molar-refractivity contribution in [2.24, 2.45) is 0 Å². The number of hydrogen-bond donors (Lipinski definition) is 0. The van der Waals surface area contributed by atoms with E-state index in [4.69, 9.17) is 4.74 Å². The van der Waals surface area contributed by atoms with Gasteiger partial charge in [0.2, 0.25) is 0 Å². The first-order valence-electron chi connectivity index (χ1n) is 8.32. The minimum atomic E-state index is -0.351. The average molecular weight is 337 g/mol. The van der Waals surface area contributed by atoms with E-state index in [2.05, 4.69) is 0 Å². The van der Waals surface area contributed by atoms with Crippen molar-refractivity contribution in [1.82, 2.24) is 0 Å². The number of amides is 2. The van der Waals surface area contributed by atoms with Crippen LogP contribution in [0.25, 0.3) is 0 Å². The van der Waals surface area contributed by atoms with Crippen LogP contribution in [-0.4, -0.2) is 24.4 Å². The summed E-state index contributed by atoms with van der Waals surface area (Å²) in [6.45, 7) is 4.03. The molecule has 1 atom stereocenters. The van der Waals surface area contributed by atoms with E-state index in [1.807, 2.05) is 6.92 Å². The highest BCUT2D eigenvalue weighted by atomic mass is 16.5. The van der Waals surface area contributed by atoms with Crippen LogP contribution in [0, 0.1) is 0 Å². The Morgan fingerprint density at radius 3 is 2.00 bits per heavy atom. The second kappa shape index (κ2) is 6.89. The number of ether oxygens (including phenoxy) is 1. The molecule has 25 heavy (non-hydrogen) atoms. The van der Waals surface area contributed by atoms with E-state index in [1.165, 1.54) is 4.90 Å². The zero-order valence-corrected chi connectivity index (χ0v) is 14.2. The Morgan fingerprint density at radius 1 is 0.960 bits per heavy atom. The molecule has 2 amide bonds. The van der Waals surface area contributed by atoms with Crippen molar-refractivity contribution in [2.75, 3.05) is 11.5 Å². The third-order valence-corrected chi connectivity index (χ3v) is 4.33. The van der Waals surface area contributed by atoms with Crippen LogP contribution in [0.15, 0.2) is 48.5 Å². The first kappa shape index (κ1) is 16.9. The number of carbonyl (C=O) groups is 3. The number of benzene rings is 2. The van der Waals surface area contributed by atoms with Gasteiger partial charge in [0, 0.05) is 0 Å². The Labute approximate surface area is 146 Å². The molecular weight excluding hydrogens is 318 g/mol. The SMILES string of the molecule is CCOC(=O)C(CC)c1ccc(N2C(=O)c3ccccc3C2=O)cc1. The first-order valence-corrected chi connectivity index (χ1v) is 8.32. The third-order valence-electron chi connectivity index (χ3n) is 4.33. The Bertz CT molecular complexity index is 791. The fourth-order valence-corrected chi connectivity index (χ4v) is 3.06. The summed E-state index contributed by atoms with van der Waals surface area (Å²) in [6, 6.07) is 13.7. The van der Waals surface area contributed by atoms with Crippen LogP contribution in [0.4, 0.5) is 5.69 Å². The molecule has 0 bridgehead atoms. The molecule has 0 N–H and O–H groups in total. The Hall–Kier alpha value is -2.95. The maximum Gasteiger partial charge on any atom is 0.313 e. The van der Waals surface area contributed by atoms with Gasteiger partial charge >= 0.3 is 5.97 Å². The van der Waals surface area contributed by atoms with E-state index in [9.17, 15) is 14.4 Å². The fraction of sp³-hybridized carbons (Fsp3) is 0.250. The minimum Gasteiger partial charge on any atom is -0.466 e. The summed E-state index contributed by atoms with van der Waals surface area (Å²) in [6.07, 6.45) is 0.616. The summed E-state index contributed by atoms with van der Waals surface area (Å²) in [4.78, 5) is 38.2. The van der Waals surface area contributed by atoms with E-state index < -0.39 is 0 Å². The van der Waals surface area contributed by atoms with Gasteiger partial charge in [-0.15, -0.1) is 0 Å². The van der Waals surface area contributed by atoms with E-state index in [0.29, 0.717) is 29.8 Å². The maximum atomic E-state index is 12.5. The quantitative estimate of drug-likeness (QED) is 0.618. The predicted octanol–water partition coefficient (Wildman–Crippen LogP) is 3.54. The van der Waals surface area contributed by atoms with Gasteiger partial charge in [0.25, 0.3) is 11.8 Å². The zero-order chi connectivity index (χ0) is 18.0. The molecule has 5 nitrogen and oxygen atoms in total. The number of anilines is 1. The molecule has 2 aromatic rings. The summed E-state index contributed by atoms with van der Waals surface area (Å²) < 4.78 is 5.10. The van der Waals surface area contributed by atoms with E-state index in [0.717, 1.165) is 5.56 Å². The van der Waals surface area contributed by atoms with Gasteiger partial charge in [-0.2, -0.15) is 0 Å². The van der Waals surface area contributed by atoms with Gasteiger partial charge in [0.1, 0.15) is 0 Å². The summed E-state index contributed by atoms with van der Waals surface area (Å²) >= 11 is 0. The monoisotopic (exact) mass is 337 g/mol. The lowest BCUT2D eigenvalue weighted by Crippen LogP contribution is -2.29. The summed E-state index contributed by atoms with van der Waals surface area (Å²) in [5, 5.41) is 0. The second-order valence-electron chi connectivity index (χ2n) is 5.80. The molecular formula is C20H19NO4. The Balaban J connectivity index is 1.88. The maximum absolute atomic E-state index is 12.5. The number of carbonyl (C=O) groups excluding carboxylic acids is 3. The number of nitrogens with zero attached hydrogens (tertiary/aromatic N) is 1. The number of fused-ring (bicyclic) bond motifs is 1. The lowest BCUT2D eigenvalue weighted by atomic mass is 9.96. The molecule has 1 heterocycles. The molecule has 3 rings (SSSR count). The summed E-state index contributed by atoms with van der Waals surface area (Å²) in [5.74, 6) is -1.27. The van der Waals surface area contributed by atoms with Crippen molar-refractivity contribution in [1.29, 1.82) is 0 Å². The highest BCUT2D eigenvalue weighted by Crippen LogP contribution is 2.30. The molecule has 5 heteroatoms. The zero-order valence-electron chi connectivity index (χ0n) is 14.2. The molecule has 0 aliphatic carbocycles. The molecule has 0 spiro atoms. The molecule has 2 aromatic carbocycles. The van der Waals surface area contributed by atoms with Crippen LogP contribution in [0.5, 0.6) is 0 Å². The molecule has 0 radical (unpaired) electrons. The number of esters is 1. The molecule has 1 aliphatic heterocycles.